The van der Waals surface area contributed by atoms with E-state index in [1.165, 1.54) is 18.5 Å². The van der Waals surface area contributed by atoms with Crippen LogP contribution in [0.25, 0.3) is 10.9 Å². The number of benzene rings is 3. The molecule has 0 saturated heterocycles. The lowest BCUT2D eigenvalue weighted by molar-refractivity contribution is -0.137. The number of halogens is 3. The quantitative estimate of drug-likeness (QED) is 0.402. The molecule has 1 aromatic heterocycles. The zero-order valence-electron chi connectivity index (χ0n) is 18.2. The molecular formula is C25H19F3N4O2. The van der Waals surface area contributed by atoms with E-state index in [1.54, 1.807) is 37.3 Å². The van der Waals surface area contributed by atoms with Gasteiger partial charge in [-0.2, -0.15) is 13.2 Å². The average Bonchev–Trinajstić information content (AvgIpc) is 2.80. The van der Waals surface area contributed by atoms with Crippen molar-refractivity contribution in [3.63, 3.8) is 0 Å². The van der Waals surface area contributed by atoms with E-state index in [0.717, 1.165) is 28.8 Å². The van der Waals surface area contributed by atoms with E-state index in [4.69, 9.17) is 0 Å². The van der Waals surface area contributed by atoms with Crippen LogP contribution in [-0.2, 0) is 6.18 Å². The minimum absolute atomic E-state index is 0.133. The highest BCUT2D eigenvalue weighted by Gasteiger charge is 2.30. The van der Waals surface area contributed by atoms with Crippen molar-refractivity contribution in [2.24, 2.45) is 0 Å². The summed E-state index contributed by atoms with van der Waals surface area (Å²) in [6, 6.07) is 14.2. The Kier molecular flexibility index (Phi) is 6.02. The van der Waals surface area contributed by atoms with Crippen LogP contribution in [0.1, 0.15) is 37.5 Å². The number of para-hydroxylation sites is 1. The zero-order valence-corrected chi connectivity index (χ0v) is 18.2. The van der Waals surface area contributed by atoms with Crippen LogP contribution in [0, 0.1) is 13.8 Å². The maximum atomic E-state index is 13.0. The minimum atomic E-state index is -4.55. The second-order valence-electron chi connectivity index (χ2n) is 7.68. The Hall–Kier alpha value is -4.27. The fraction of sp³-hybridized carbons (Fsp3) is 0.120. The van der Waals surface area contributed by atoms with Gasteiger partial charge in [-0.15, -0.1) is 0 Å². The lowest BCUT2D eigenvalue weighted by Crippen LogP contribution is -2.16. The van der Waals surface area contributed by atoms with Gasteiger partial charge in [0.1, 0.15) is 6.33 Å². The molecule has 0 atom stereocenters. The summed E-state index contributed by atoms with van der Waals surface area (Å²) in [5, 5.41) is 6.16. The minimum Gasteiger partial charge on any atom is -0.322 e. The molecule has 0 aliphatic heterocycles. The van der Waals surface area contributed by atoms with Gasteiger partial charge in [-0.25, -0.2) is 9.97 Å². The van der Waals surface area contributed by atoms with Crippen LogP contribution in [0.15, 0.2) is 67.0 Å². The van der Waals surface area contributed by atoms with E-state index >= 15 is 0 Å². The van der Waals surface area contributed by atoms with Crippen LogP contribution >= 0.6 is 0 Å². The molecule has 172 valence electrons. The third-order valence-corrected chi connectivity index (χ3v) is 5.30. The maximum absolute atomic E-state index is 13.0. The van der Waals surface area contributed by atoms with E-state index in [1.807, 2.05) is 13.0 Å². The van der Waals surface area contributed by atoms with E-state index in [2.05, 4.69) is 20.6 Å². The van der Waals surface area contributed by atoms with Crippen molar-refractivity contribution in [1.82, 2.24) is 9.97 Å². The summed E-state index contributed by atoms with van der Waals surface area (Å²) in [5.41, 5.74) is 2.07. The largest absolute Gasteiger partial charge is 0.416 e. The monoisotopic (exact) mass is 464 g/mol. The highest BCUT2D eigenvalue weighted by molar-refractivity contribution is 6.12. The molecule has 4 aromatic rings. The molecule has 6 nitrogen and oxygen atoms in total. The van der Waals surface area contributed by atoms with Crippen molar-refractivity contribution in [2.45, 2.75) is 20.0 Å². The topological polar surface area (TPSA) is 84.0 Å². The molecule has 0 radical (unpaired) electrons. The predicted molar refractivity (Wildman–Crippen MR) is 123 cm³/mol. The van der Waals surface area contributed by atoms with Gasteiger partial charge < -0.3 is 10.6 Å². The molecule has 0 fully saturated rings. The lowest BCUT2D eigenvalue weighted by Gasteiger charge is -2.13. The van der Waals surface area contributed by atoms with Crippen molar-refractivity contribution in [3.05, 3.63) is 94.9 Å². The number of alkyl halides is 3. The number of aromatic nitrogens is 2. The number of anilines is 2. The molecular weight excluding hydrogens is 445 g/mol. The first-order valence-corrected chi connectivity index (χ1v) is 10.2. The summed E-state index contributed by atoms with van der Waals surface area (Å²) in [6.45, 7) is 3.61. The van der Waals surface area contributed by atoms with Gasteiger partial charge in [0.2, 0.25) is 0 Å². The number of nitrogens with one attached hydrogen (secondary N) is 2. The van der Waals surface area contributed by atoms with Gasteiger partial charge in [0, 0.05) is 28.0 Å². The van der Waals surface area contributed by atoms with Crippen LogP contribution in [-0.4, -0.2) is 21.8 Å². The summed E-state index contributed by atoms with van der Waals surface area (Å²) in [5.74, 6) is -1.10. The van der Waals surface area contributed by atoms with Crippen molar-refractivity contribution < 1.29 is 22.8 Å². The van der Waals surface area contributed by atoms with Crippen molar-refractivity contribution in [2.75, 3.05) is 10.6 Å². The average molecular weight is 464 g/mol. The van der Waals surface area contributed by atoms with Crippen LogP contribution < -0.4 is 10.6 Å². The molecule has 0 saturated carbocycles. The van der Waals surface area contributed by atoms with Gasteiger partial charge in [0.25, 0.3) is 11.8 Å². The zero-order chi connectivity index (χ0) is 24.5. The third kappa shape index (κ3) is 4.73. The molecule has 4 rings (SSSR count). The first-order valence-electron chi connectivity index (χ1n) is 10.2. The van der Waals surface area contributed by atoms with Crippen LogP contribution in [0.5, 0.6) is 0 Å². The SMILES string of the molecule is Cc1ccc(NC(=O)c2cccc(C(F)(F)F)c2)cc1NC(=O)c1cccc2c(C)ncnc12. The Balaban J connectivity index is 1.57. The second-order valence-corrected chi connectivity index (χ2v) is 7.68. The first-order chi connectivity index (χ1) is 16.1. The number of hydrogen-bond acceptors (Lipinski definition) is 4. The van der Waals surface area contributed by atoms with E-state index in [9.17, 15) is 22.8 Å². The third-order valence-electron chi connectivity index (χ3n) is 5.30. The molecule has 1 heterocycles. The molecule has 0 spiro atoms. The molecule has 0 unspecified atom stereocenters. The van der Waals surface area contributed by atoms with Crippen LogP contribution in [0.3, 0.4) is 0 Å². The predicted octanol–water partition coefficient (Wildman–Crippen LogP) is 5.77. The van der Waals surface area contributed by atoms with Crippen LogP contribution in [0.2, 0.25) is 0 Å². The molecule has 9 heteroatoms. The lowest BCUT2D eigenvalue weighted by atomic mass is 10.1. The van der Waals surface area contributed by atoms with E-state index < -0.39 is 23.6 Å². The van der Waals surface area contributed by atoms with Crippen molar-refractivity contribution >= 4 is 34.1 Å². The summed E-state index contributed by atoms with van der Waals surface area (Å²) in [4.78, 5) is 33.9. The molecule has 2 N–H and O–H groups in total. The van der Waals surface area contributed by atoms with Gasteiger partial charge in [0.15, 0.2) is 0 Å². The van der Waals surface area contributed by atoms with E-state index in [0.29, 0.717) is 22.5 Å². The van der Waals surface area contributed by atoms with Gasteiger partial charge in [-0.1, -0.05) is 24.3 Å². The fourth-order valence-electron chi connectivity index (χ4n) is 3.46. The number of amides is 2. The smallest absolute Gasteiger partial charge is 0.322 e. The standard InChI is InChI=1S/C25H19F3N4O2/c1-14-9-10-18(31-23(33)16-5-3-6-17(11-16)25(26,27)28)12-21(14)32-24(34)20-8-4-7-19-15(2)29-13-30-22(19)20/h3-13H,1-2H3,(H,31,33)(H,32,34). The fourth-order valence-corrected chi connectivity index (χ4v) is 3.46. The molecule has 0 aliphatic rings. The van der Waals surface area contributed by atoms with Crippen LogP contribution in [0.4, 0.5) is 24.5 Å². The van der Waals surface area contributed by atoms with Gasteiger partial charge >= 0.3 is 6.18 Å². The molecule has 3 aromatic carbocycles. The number of fused-ring (bicyclic) bond motifs is 1. The Morgan fingerprint density at radius 3 is 2.38 bits per heavy atom. The normalized spacial score (nSPS) is 11.3. The van der Waals surface area contributed by atoms with E-state index in [-0.39, 0.29) is 5.56 Å². The summed E-state index contributed by atoms with van der Waals surface area (Å²) >= 11 is 0. The molecule has 0 aliphatic carbocycles. The number of hydrogen-bond donors (Lipinski definition) is 2. The Morgan fingerprint density at radius 2 is 1.62 bits per heavy atom. The number of rotatable bonds is 4. The Labute approximate surface area is 192 Å². The number of aryl methyl sites for hydroxylation is 2. The summed E-state index contributed by atoms with van der Waals surface area (Å²) in [6.07, 6.45) is -3.16. The highest BCUT2D eigenvalue weighted by Crippen LogP contribution is 2.30. The van der Waals surface area contributed by atoms with Gasteiger partial charge in [-0.05, 0) is 55.8 Å². The second kappa shape index (κ2) is 8.93. The highest BCUT2D eigenvalue weighted by atomic mass is 19.4. The summed E-state index contributed by atoms with van der Waals surface area (Å²) in [7, 11) is 0. The Morgan fingerprint density at radius 1 is 0.853 bits per heavy atom. The summed E-state index contributed by atoms with van der Waals surface area (Å²) < 4.78 is 38.9. The number of nitrogens with zero attached hydrogens (tertiary/aromatic N) is 2. The molecule has 0 bridgehead atoms. The van der Waals surface area contributed by atoms with Crippen molar-refractivity contribution in [1.29, 1.82) is 0 Å². The first kappa shape index (κ1) is 22.9. The molecule has 2 amide bonds. The van der Waals surface area contributed by atoms with Gasteiger partial charge in [0.05, 0.1) is 16.6 Å². The van der Waals surface area contributed by atoms with Gasteiger partial charge in [-0.3, -0.25) is 9.59 Å². The Bertz CT molecular complexity index is 1420. The number of carbonyl (C=O) groups is 2. The maximum Gasteiger partial charge on any atom is 0.416 e. The molecule has 34 heavy (non-hydrogen) atoms. The van der Waals surface area contributed by atoms with Crippen molar-refractivity contribution in [3.8, 4) is 0 Å². The number of carbonyl (C=O) groups excluding carboxylic acids is 2.